The summed E-state index contributed by atoms with van der Waals surface area (Å²) in [7, 11) is -9.45. The van der Waals surface area contributed by atoms with Gasteiger partial charge in [0.05, 0.1) is 33.9 Å². The minimum absolute atomic E-state index is 0.00962. The Hall–Kier alpha value is -5.12. The molecule has 5 rings (SSSR count). The maximum absolute atomic E-state index is 12.3. The SMILES string of the molecule is CCN(CC)c1nc(N)c(/N=N/c2cc(S(=O)(=O)O)ccc2SOOO)c(N2CCN(c3nc(N(CC)CC)nc(N)c3/N=N/c3cc(SOOO)ccc3S(=O)(=O)O)CC2)n1. The van der Waals surface area contributed by atoms with Crippen LogP contribution in [0, 0.1) is 0 Å². The van der Waals surface area contributed by atoms with Crippen LogP contribution < -0.4 is 31.1 Å². The average molecular weight is 943 g/mol. The van der Waals surface area contributed by atoms with E-state index >= 15 is 0 Å². The summed E-state index contributed by atoms with van der Waals surface area (Å²) in [5, 5.41) is 41.6. The fraction of sp³-hybridized carbons (Fsp3) is 0.375. The fourth-order valence-electron chi connectivity index (χ4n) is 5.92. The minimum Gasteiger partial charge on any atom is -0.382 e. The number of anilines is 6. The number of nitrogens with two attached hydrogens (primary N) is 2. The molecule has 1 aliphatic rings. The summed E-state index contributed by atoms with van der Waals surface area (Å²) in [6.07, 6.45) is 0. The predicted molar refractivity (Wildman–Crippen MR) is 227 cm³/mol. The van der Waals surface area contributed by atoms with Crippen LogP contribution in [-0.2, 0) is 39.0 Å². The van der Waals surface area contributed by atoms with Gasteiger partial charge < -0.3 is 31.1 Å². The zero-order chi connectivity index (χ0) is 45.2. The van der Waals surface area contributed by atoms with Crippen molar-refractivity contribution in [1.82, 2.24) is 19.9 Å². The Labute approximate surface area is 363 Å². The lowest BCUT2D eigenvalue weighted by Crippen LogP contribution is -2.47. The molecule has 4 aromatic rings. The van der Waals surface area contributed by atoms with E-state index < -0.39 is 30.0 Å². The highest BCUT2D eigenvalue weighted by molar-refractivity contribution is 7.95. The van der Waals surface area contributed by atoms with Crippen molar-refractivity contribution in [1.29, 1.82) is 0 Å². The van der Waals surface area contributed by atoms with E-state index in [0.717, 1.165) is 18.2 Å². The molecule has 336 valence electrons. The van der Waals surface area contributed by atoms with Crippen molar-refractivity contribution < 1.29 is 55.2 Å². The molecule has 0 spiro atoms. The molecule has 0 aliphatic carbocycles. The third kappa shape index (κ3) is 11.7. The molecule has 0 unspecified atom stereocenters. The van der Waals surface area contributed by atoms with Gasteiger partial charge in [0.1, 0.15) is 16.3 Å². The van der Waals surface area contributed by atoms with Gasteiger partial charge in [-0.3, -0.25) is 9.11 Å². The summed E-state index contributed by atoms with van der Waals surface area (Å²) in [6, 6.07) is 6.91. The van der Waals surface area contributed by atoms with Crippen LogP contribution >= 0.6 is 24.1 Å². The second-order valence-corrected chi connectivity index (χ2v) is 16.9. The van der Waals surface area contributed by atoms with Crippen LogP contribution in [0.4, 0.5) is 57.9 Å². The van der Waals surface area contributed by atoms with Gasteiger partial charge in [-0.2, -0.15) is 36.8 Å². The smallest absolute Gasteiger partial charge is 0.296 e. The third-order valence-electron chi connectivity index (χ3n) is 9.00. The normalized spacial score (nSPS) is 13.7. The van der Waals surface area contributed by atoms with E-state index in [-0.39, 0.29) is 82.0 Å². The van der Waals surface area contributed by atoms with Crippen molar-refractivity contribution in [2.24, 2.45) is 20.5 Å². The molecule has 8 N–H and O–H groups in total. The first-order chi connectivity index (χ1) is 29.6. The molecule has 1 saturated heterocycles. The van der Waals surface area contributed by atoms with E-state index in [1.54, 1.807) is 0 Å². The zero-order valence-corrected chi connectivity index (χ0v) is 36.6. The number of benzene rings is 2. The fourth-order valence-corrected chi connectivity index (χ4v) is 7.83. The number of nitrogens with zero attached hydrogens (tertiary/aromatic N) is 12. The van der Waals surface area contributed by atoms with E-state index in [9.17, 15) is 25.9 Å². The molecule has 2 aromatic carbocycles. The first-order valence-corrected chi connectivity index (χ1v) is 22.6. The van der Waals surface area contributed by atoms with E-state index in [4.69, 9.17) is 31.9 Å². The van der Waals surface area contributed by atoms with Crippen LogP contribution in [0.2, 0.25) is 0 Å². The summed E-state index contributed by atoms with van der Waals surface area (Å²) < 4.78 is 77.0. The van der Waals surface area contributed by atoms with Crippen LogP contribution in [0.25, 0.3) is 0 Å². The van der Waals surface area contributed by atoms with Crippen LogP contribution in [0.5, 0.6) is 0 Å². The van der Waals surface area contributed by atoms with Crippen LogP contribution in [0.3, 0.4) is 0 Å². The van der Waals surface area contributed by atoms with Crippen molar-refractivity contribution in [2.45, 2.75) is 47.3 Å². The van der Waals surface area contributed by atoms with Gasteiger partial charge in [0.2, 0.25) is 11.9 Å². The topological polar surface area (TPSA) is 352 Å². The largest absolute Gasteiger partial charge is 0.382 e. The Morgan fingerprint density at radius 1 is 0.661 bits per heavy atom. The number of azo groups is 2. The first-order valence-electron chi connectivity index (χ1n) is 18.3. The van der Waals surface area contributed by atoms with Crippen molar-refractivity contribution in [3.05, 3.63) is 36.4 Å². The molecule has 26 nitrogen and oxygen atoms in total. The molecule has 30 heteroatoms. The van der Waals surface area contributed by atoms with E-state index in [2.05, 4.69) is 49.2 Å². The van der Waals surface area contributed by atoms with Gasteiger partial charge in [-0.05, 0) is 64.1 Å². The van der Waals surface area contributed by atoms with Crippen LogP contribution in [0.15, 0.2) is 76.4 Å². The molecule has 0 atom stereocenters. The van der Waals surface area contributed by atoms with Gasteiger partial charge in [0.25, 0.3) is 20.2 Å². The number of nitrogen functional groups attached to an aromatic ring is 2. The molecule has 1 fully saturated rings. The van der Waals surface area contributed by atoms with Gasteiger partial charge in [-0.1, -0.05) is 10.1 Å². The lowest BCUT2D eigenvalue weighted by atomic mass is 10.2. The molecular formula is C32H42N14O12S4. The predicted octanol–water partition coefficient (Wildman–Crippen LogP) is 5.63. The molecule has 0 saturated carbocycles. The highest BCUT2D eigenvalue weighted by atomic mass is 32.2. The van der Waals surface area contributed by atoms with Crippen molar-refractivity contribution in [3.63, 3.8) is 0 Å². The summed E-state index contributed by atoms with van der Waals surface area (Å²) >= 11 is 1.01. The maximum atomic E-state index is 12.3. The summed E-state index contributed by atoms with van der Waals surface area (Å²) in [5.41, 5.74) is 12.6. The quantitative estimate of drug-likeness (QED) is 0.0205. The van der Waals surface area contributed by atoms with Gasteiger partial charge in [-0.25, -0.2) is 10.5 Å². The standard InChI is InChI=1S/C32H42N14O12S4/c1-5-43(6-2)31-35-27(33)25(41-39-21-18-20(61(49,50)51)10-11-23(21)60-58-56-48)29(37-31)45-13-15-46(16-14-45)30-26(28(34)36-32(38-30)44(7-3)8-4)42-40-22-17-19(59-57-55-47)9-12-24(22)62(52,53)54/h9-12,17-18,47-48H,5-8,13-16H2,1-4H3,(H2,33,35,37)(H2,34,36,38)(H,49,50,51)(H,52,53,54)/b41-39+,42-40+. The minimum atomic E-state index is -4.79. The van der Waals surface area contributed by atoms with Crippen molar-refractivity contribution in [3.8, 4) is 0 Å². The van der Waals surface area contributed by atoms with Gasteiger partial charge in [0, 0.05) is 57.3 Å². The molecule has 0 amide bonds. The van der Waals surface area contributed by atoms with E-state index in [1.165, 1.54) is 18.2 Å². The number of aromatic nitrogens is 4. The summed E-state index contributed by atoms with van der Waals surface area (Å²) in [5.74, 6) is 0.983. The molecular weight excluding hydrogens is 901 g/mol. The Bertz CT molecular complexity index is 2490. The second kappa shape index (κ2) is 21.3. The monoisotopic (exact) mass is 942 g/mol. The Morgan fingerprint density at radius 3 is 1.60 bits per heavy atom. The molecule has 1 aliphatic heterocycles. The molecule has 0 bridgehead atoms. The average Bonchev–Trinajstić information content (AvgIpc) is 3.24. The highest BCUT2D eigenvalue weighted by Crippen LogP contribution is 2.41. The van der Waals surface area contributed by atoms with Crippen molar-refractivity contribution in [2.75, 3.05) is 83.4 Å². The molecule has 0 radical (unpaired) electrons. The number of hydrogen-bond acceptors (Lipinski definition) is 26. The van der Waals surface area contributed by atoms with Crippen LogP contribution in [0.1, 0.15) is 27.7 Å². The molecule has 3 heterocycles. The van der Waals surface area contributed by atoms with Gasteiger partial charge in [0.15, 0.2) is 34.6 Å². The number of rotatable bonds is 20. The summed E-state index contributed by atoms with van der Waals surface area (Å²) in [6.45, 7) is 10.9. The Morgan fingerprint density at radius 2 is 1.15 bits per heavy atom. The number of hydrogen-bond donors (Lipinski definition) is 6. The van der Waals surface area contributed by atoms with E-state index in [0.29, 0.717) is 62.2 Å². The Balaban J connectivity index is 1.56. The first kappa shape index (κ1) is 47.9. The lowest BCUT2D eigenvalue weighted by Gasteiger charge is -2.37. The Kier molecular flexibility index (Phi) is 16.5. The van der Waals surface area contributed by atoms with Crippen molar-refractivity contribution >= 4 is 102 Å². The van der Waals surface area contributed by atoms with Gasteiger partial charge in [-0.15, -0.1) is 29.1 Å². The van der Waals surface area contributed by atoms with Crippen LogP contribution in [-0.4, -0.2) is 109 Å². The second-order valence-electron chi connectivity index (χ2n) is 12.5. The highest BCUT2D eigenvalue weighted by Gasteiger charge is 2.29. The van der Waals surface area contributed by atoms with E-state index in [1.807, 2.05) is 47.3 Å². The third-order valence-corrected chi connectivity index (χ3v) is 12.0. The maximum Gasteiger partial charge on any atom is 0.296 e. The lowest BCUT2D eigenvalue weighted by molar-refractivity contribution is -0.432. The zero-order valence-electron chi connectivity index (χ0n) is 33.3. The molecule has 2 aromatic heterocycles. The van der Waals surface area contributed by atoms with Gasteiger partial charge >= 0.3 is 0 Å². The molecule has 62 heavy (non-hydrogen) atoms. The summed E-state index contributed by atoms with van der Waals surface area (Å²) in [4.78, 5) is 25.3. The number of piperazine rings is 1.